The maximum absolute atomic E-state index is 13.2. The number of rotatable bonds is 4. The lowest BCUT2D eigenvalue weighted by Gasteiger charge is -2.27. The summed E-state index contributed by atoms with van der Waals surface area (Å²) in [6, 6.07) is 2.90. The summed E-state index contributed by atoms with van der Waals surface area (Å²) >= 11 is 0. The van der Waals surface area contributed by atoms with Crippen molar-refractivity contribution in [3.05, 3.63) is 29.6 Å². The van der Waals surface area contributed by atoms with Gasteiger partial charge >= 0.3 is 5.97 Å². The van der Waals surface area contributed by atoms with Crippen LogP contribution in [0, 0.1) is 5.82 Å². The fraction of sp³-hybridized carbons (Fsp3) is 0.429. The summed E-state index contributed by atoms with van der Waals surface area (Å²) in [7, 11) is 0. The number of halogens is 1. The molecular formula is C14H16FNO4. The van der Waals surface area contributed by atoms with E-state index in [9.17, 15) is 19.1 Å². The first-order valence-electron chi connectivity index (χ1n) is 6.50. The lowest BCUT2D eigenvalue weighted by atomic mass is 10.1. The number of hydrogen-bond acceptors (Lipinski definition) is 3. The number of amides is 1. The molecular weight excluding hydrogens is 265 g/mol. The van der Waals surface area contributed by atoms with Crippen LogP contribution in [-0.4, -0.2) is 39.6 Å². The van der Waals surface area contributed by atoms with E-state index in [-0.39, 0.29) is 17.4 Å². The van der Waals surface area contributed by atoms with Crippen LogP contribution in [0.25, 0.3) is 0 Å². The van der Waals surface area contributed by atoms with E-state index in [1.54, 1.807) is 0 Å². The van der Waals surface area contributed by atoms with Gasteiger partial charge in [-0.1, -0.05) is 12.8 Å². The lowest BCUT2D eigenvalue weighted by Crippen LogP contribution is -2.42. The molecule has 0 bridgehead atoms. The van der Waals surface area contributed by atoms with Crippen LogP contribution in [-0.2, 0) is 4.79 Å². The minimum Gasteiger partial charge on any atom is -0.507 e. The summed E-state index contributed by atoms with van der Waals surface area (Å²) in [6.45, 7) is -0.445. The van der Waals surface area contributed by atoms with Gasteiger partial charge in [-0.15, -0.1) is 0 Å². The quantitative estimate of drug-likeness (QED) is 0.884. The molecule has 0 heterocycles. The molecule has 0 spiro atoms. The Morgan fingerprint density at radius 1 is 1.30 bits per heavy atom. The molecule has 1 aromatic rings. The number of carbonyl (C=O) groups excluding carboxylic acids is 1. The zero-order valence-electron chi connectivity index (χ0n) is 10.9. The molecule has 2 rings (SSSR count). The summed E-state index contributed by atoms with van der Waals surface area (Å²) in [5.74, 6) is -2.75. The Labute approximate surface area is 115 Å². The molecule has 0 saturated heterocycles. The number of carboxylic acids is 1. The molecule has 108 valence electrons. The van der Waals surface area contributed by atoms with Crippen LogP contribution in [0.4, 0.5) is 4.39 Å². The smallest absolute Gasteiger partial charge is 0.323 e. The standard InChI is InChI=1S/C14H16FNO4/c15-9-5-6-12(17)11(7-9)14(20)16(8-13(18)19)10-3-1-2-4-10/h5-7,10,17H,1-4,8H2,(H,18,19). The monoisotopic (exact) mass is 281 g/mol. The Bertz CT molecular complexity index is 526. The second kappa shape index (κ2) is 5.90. The van der Waals surface area contributed by atoms with Crippen LogP contribution in [0.2, 0.25) is 0 Å². The Morgan fingerprint density at radius 2 is 1.95 bits per heavy atom. The van der Waals surface area contributed by atoms with Crippen molar-refractivity contribution >= 4 is 11.9 Å². The summed E-state index contributed by atoms with van der Waals surface area (Å²) in [4.78, 5) is 24.5. The first-order valence-corrected chi connectivity index (χ1v) is 6.50. The van der Waals surface area contributed by atoms with E-state index in [1.165, 1.54) is 4.90 Å². The first kappa shape index (κ1) is 14.3. The number of phenols is 1. The number of aliphatic carboxylic acids is 1. The molecule has 1 aromatic carbocycles. The highest BCUT2D eigenvalue weighted by Gasteiger charge is 2.30. The fourth-order valence-corrected chi connectivity index (χ4v) is 2.56. The highest BCUT2D eigenvalue weighted by Crippen LogP contribution is 2.27. The number of carbonyl (C=O) groups is 2. The van der Waals surface area contributed by atoms with Gasteiger partial charge in [0.1, 0.15) is 18.1 Å². The SMILES string of the molecule is O=C(O)CN(C(=O)c1cc(F)ccc1O)C1CCCC1. The lowest BCUT2D eigenvalue weighted by molar-refractivity contribution is -0.138. The van der Waals surface area contributed by atoms with Crippen LogP contribution in [0.1, 0.15) is 36.0 Å². The predicted octanol–water partition coefficient (Wildman–Crippen LogP) is 2.00. The number of nitrogens with zero attached hydrogens (tertiary/aromatic N) is 1. The molecule has 0 unspecified atom stereocenters. The highest BCUT2D eigenvalue weighted by molar-refractivity contribution is 5.98. The first-order chi connectivity index (χ1) is 9.49. The largest absolute Gasteiger partial charge is 0.507 e. The van der Waals surface area contributed by atoms with E-state index in [4.69, 9.17) is 5.11 Å². The zero-order valence-corrected chi connectivity index (χ0v) is 10.9. The van der Waals surface area contributed by atoms with Gasteiger partial charge in [-0.3, -0.25) is 9.59 Å². The molecule has 2 N–H and O–H groups in total. The molecule has 20 heavy (non-hydrogen) atoms. The summed E-state index contributed by atoms with van der Waals surface area (Å²) < 4.78 is 13.2. The van der Waals surface area contributed by atoms with E-state index in [0.29, 0.717) is 0 Å². The van der Waals surface area contributed by atoms with Crippen LogP contribution >= 0.6 is 0 Å². The molecule has 0 aromatic heterocycles. The third-order valence-electron chi connectivity index (χ3n) is 3.52. The van der Waals surface area contributed by atoms with Gasteiger partial charge < -0.3 is 15.1 Å². The van der Waals surface area contributed by atoms with Crippen molar-refractivity contribution in [2.75, 3.05) is 6.54 Å². The third kappa shape index (κ3) is 3.07. The zero-order chi connectivity index (χ0) is 14.7. The van der Waals surface area contributed by atoms with Gasteiger partial charge in [0.2, 0.25) is 0 Å². The van der Waals surface area contributed by atoms with E-state index < -0.39 is 24.2 Å². The Hall–Kier alpha value is -2.11. The van der Waals surface area contributed by atoms with E-state index in [1.807, 2.05) is 0 Å². The van der Waals surface area contributed by atoms with Gasteiger partial charge in [-0.05, 0) is 31.0 Å². The van der Waals surface area contributed by atoms with Crippen molar-refractivity contribution in [1.29, 1.82) is 0 Å². The van der Waals surface area contributed by atoms with Crippen molar-refractivity contribution in [1.82, 2.24) is 4.90 Å². The molecule has 6 heteroatoms. The number of carboxylic acid groups (broad SMARTS) is 1. The molecule has 0 aliphatic heterocycles. The molecule has 1 fully saturated rings. The van der Waals surface area contributed by atoms with Gasteiger partial charge in [0.05, 0.1) is 5.56 Å². The minimum atomic E-state index is -1.12. The number of benzene rings is 1. The van der Waals surface area contributed by atoms with Crippen molar-refractivity contribution in [2.24, 2.45) is 0 Å². The second-order valence-electron chi connectivity index (χ2n) is 4.93. The van der Waals surface area contributed by atoms with Crippen LogP contribution in [0.5, 0.6) is 5.75 Å². The average molecular weight is 281 g/mol. The number of hydrogen-bond donors (Lipinski definition) is 2. The van der Waals surface area contributed by atoms with E-state index in [2.05, 4.69) is 0 Å². The van der Waals surface area contributed by atoms with Crippen LogP contribution < -0.4 is 0 Å². The maximum Gasteiger partial charge on any atom is 0.323 e. The second-order valence-corrected chi connectivity index (χ2v) is 4.93. The minimum absolute atomic E-state index is 0.165. The van der Waals surface area contributed by atoms with Gasteiger partial charge in [0.25, 0.3) is 5.91 Å². The van der Waals surface area contributed by atoms with Gasteiger partial charge in [0.15, 0.2) is 0 Å². The Morgan fingerprint density at radius 3 is 2.55 bits per heavy atom. The average Bonchev–Trinajstić information content (AvgIpc) is 2.91. The Balaban J connectivity index is 2.29. The normalized spacial score (nSPS) is 15.2. The highest BCUT2D eigenvalue weighted by atomic mass is 19.1. The van der Waals surface area contributed by atoms with Crippen molar-refractivity contribution in [3.63, 3.8) is 0 Å². The fourth-order valence-electron chi connectivity index (χ4n) is 2.56. The molecule has 1 amide bonds. The Kier molecular flexibility index (Phi) is 4.22. The number of phenolic OH excluding ortho intramolecular Hbond substituents is 1. The van der Waals surface area contributed by atoms with Gasteiger partial charge in [-0.2, -0.15) is 0 Å². The maximum atomic E-state index is 13.2. The molecule has 1 aliphatic carbocycles. The summed E-state index contributed by atoms with van der Waals surface area (Å²) in [6.07, 6.45) is 3.33. The molecule has 1 saturated carbocycles. The van der Waals surface area contributed by atoms with E-state index >= 15 is 0 Å². The topological polar surface area (TPSA) is 77.8 Å². The van der Waals surface area contributed by atoms with Gasteiger partial charge in [0, 0.05) is 6.04 Å². The number of aromatic hydroxyl groups is 1. The third-order valence-corrected chi connectivity index (χ3v) is 3.52. The van der Waals surface area contributed by atoms with Crippen LogP contribution in [0.3, 0.4) is 0 Å². The molecule has 0 atom stereocenters. The summed E-state index contributed by atoms with van der Waals surface area (Å²) in [5.41, 5.74) is -0.196. The van der Waals surface area contributed by atoms with Crippen molar-refractivity contribution < 1.29 is 24.2 Å². The van der Waals surface area contributed by atoms with Crippen molar-refractivity contribution in [2.45, 2.75) is 31.7 Å². The molecule has 0 radical (unpaired) electrons. The van der Waals surface area contributed by atoms with Crippen LogP contribution in [0.15, 0.2) is 18.2 Å². The van der Waals surface area contributed by atoms with Gasteiger partial charge in [-0.25, -0.2) is 4.39 Å². The van der Waals surface area contributed by atoms with E-state index in [0.717, 1.165) is 43.9 Å². The predicted molar refractivity (Wildman–Crippen MR) is 69.0 cm³/mol. The molecule has 1 aliphatic rings. The summed E-state index contributed by atoms with van der Waals surface area (Å²) in [5, 5.41) is 18.6. The van der Waals surface area contributed by atoms with Crippen molar-refractivity contribution in [3.8, 4) is 5.75 Å². The molecule has 5 nitrogen and oxygen atoms in total.